The highest BCUT2D eigenvalue weighted by Gasteiger charge is 2.57. The van der Waals surface area contributed by atoms with Gasteiger partial charge in [-0.25, -0.2) is 0 Å². The average Bonchev–Trinajstić information content (AvgIpc) is 3.10. The molecule has 2 atom stereocenters. The molecule has 0 aromatic heterocycles. The Hall–Kier alpha value is -3.64. The smallest absolute Gasteiger partial charge is 0.262 e. The lowest BCUT2D eigenvalue weighted by Gasteiger charge is -2.49. The predicted molar refractivity (Wildman–Crippen MR) is 129 cm³/mol. The molecule has 5 rings (SSSR count). The summed E-state index contributed by atoms with van der Waals surface area (Å²) in [5.41, 5.74) is 2.10. The molecule has 0 N–H and O–H groups in total. The highest BCUT2D eigenvalue weighted by Crippen LogP contribution is 2.44. The number of amides is 3. The Balaban J connectivity index is 1.50. The Labute approximate surface area is 202 Å². The Kier molecular flexibility index (Phi) is 5.84. The van der Waals surface area contributed by atoms with Gasteiger partial charge in [-0.05, 0) is 60.5 Å². The zero-order valence-electron chi connectivity index (χ0n) is 18.6. The van der Waals surface area contributed by atoms with Crippen LogP contribution < -0.4 is 9.64 Å². The van der Waals surface area contributed by atoms with Gasteiger partial charge in [-0.1, -0.05) is 49.2 Å². The summed E-state index contributed by atoms with van der Waals surface area (Å²) in [5, 5.41) is 0.554. The van der Waals surface area contributed by atoms with Crippen LogP contribution in [0.4, 0.5) is 5.69 Å². The van der Waals surface area contributed by atoms with Crippen LogP contribution >= 0.6 is 11.6 Å². The van der Waals surface area contributed by atoms with E-state index >= 15 is 0 Å². The molecule has 34 heavy (non-hydrogen) atoms. The lowest BCUT2D eigenvalue weighted by atomic mass is 9.86. The van der Waals surface area contributed by atoms with E-state index in [2.05, 4.69) is 6.92 Å². The van der Waals surface area contributed by atoms with Gasteiger partial charge < -0.3 is 9.64 Å². The van der Waals surface area contributed by atoms with Crippen molar-refractivity contribution in [1.29, 1.82) is 0 Å². The molecule has 3 aromatic carbocycles. The van der Waals surface area contributed by atoms with Crippen molar-refractivity contribution >= 4 is 35.0 Å². The summed E-state index contributed by atoms with van der Waals surface area (Å²) < 4.78 is 5.77. The number of imide groups is 1. The Morgan fingerprint density at radius 3 is 2.00 bits per heavy atom. The van der Waals surface area contributed by atoms with E-state index in [0.29, 0.717) is 28.4 Å². The van der Waals surface area contributed by atoms with Crippen molar-refractivity contribution in [3.05, 3.63) is 94.5 Å². The van der Waals surface area contributed by atoms with Gasteiger partial charge in [0.2, 0.25) is 0 Å². The topological polar surface area (TPSA) is 66.9 Å². The van der Waals surface area contributed by atoms with Gasteiger partial charge in [0, 0.05) is 10.7 Å². The fraction of sp³-hybridized carbons (Fsp3) is 0.222. The van der Waals surface area contributed by atoms with Crippen LogP contribution in [0.15, 0.2) is 72.8 Å². The standard InChI is InChI=1S/C27H23ClN2O4/c1-2-3-16-34-20-14-8-17(9-15-20)23-24(27(33)29(23)19-12-10-18(28)11-13-19)30-25(31)21-6-4-5-7-22(21)26(30)32/h4-15,23-24H,2-3,16H2,1H3/t23-,24-/m1/s1. The summed E-state index contributed by atoms with van der Waals surface area (Å²) in [5.74, 6) is -0.471. The van der Waals surface area contributed by atoms with Crippen LogP contribution in [0.5, 0.6) is 5.75 Å². The van der Waals surface area contributed by atoms with Gasteiger partial charge in [0.05, 0.1) is 23.8 Å². The molecule has 0 bridgehead atoms. The van der Waals surface area contributed by atoms with E-state index in [1.165, 1.54) is 0 Å². The van der Waals surface area contributed by atoms with E-state index in [1.807, 2.05) is 24.3 Å². The molecule has 6 nitrogen and oxygen atoms in total. The minimum absolute atomic E-state index is 0.315. The maximum absolute atomic E-state index is 13.4. The number of unbranched alkanes of at least 4 members (excludes halogenated alkanes) is 1. The third-order valence-corrected chi connectivity index (χ3v) is 6.52. The fourth-order valence-corrected chi connectivity index (χ4v) is 4.63. The van der Waals surface area contributed by atoms with Crippen LogP contribution in [0.2, 0.25) is 5.02 Å². The molecule has 0 radical (unpaired) electrons. The van der Waals surface area contributed by atoms with E-state index in [0.717, 1.165) is 29.1 Å². The van der Waals surface area contributed by atoms with E-state index in [-0.39, 0.29) is 5.91 Å². The number of fused-ring (bicyclic) bond motifs is 1. The second-order valence-corrected chi connectivity index (χ2v) is 8.81. The molecule has 0 saturated carbocycles. The zero-order chi connectivity index (χ0) is 23.8. The number of rotatable bonds is 7. The molecule has 1 saturated heterocycles. The quantitative estimate of drug-likeness (QED) is 0.266. The summed E-state index contributed by atoms with van der Waals surface area (Å²) >= 11 is 6.04. The molecule has 3 aromatic rings. The molecule has 0 aliphatic carbocycles. The van der Waals surface area contributed by atoms with E-state index in [9.17, 15) is 14.4 Å². The molecular formula is C27H23ClN2O4. The number of hydrogen-bond acceptors (Lipinski definition) is 4. The Morgan fingerprint density at radius 1 is 0.794 bits per heavy atom. The Morgan fingerprint density at radius 2 is 1.41 bits per heavy atom. The van der Waals surface area contributed by atoms with Gasteiger partial charge in [-0.2, -0.15) is 0 Å². The second kappa shape index (κ2) is 8.95. The second-order valence-electron chi connectivity index (χ2n) is 8.37. The maximum Gasteiger partial charge on any atom is 0.262 e. The molecular weight excluding hydrogens is 452 g/mol. The largest absolute Gasteiger partial charge is 0.494 e. The van der Waals surface area contributed by atoms with Gasteiger partial charge in [-0.3, -0.25) is 19.3 Å². The van der Waals surface area contributed by atoms with Crippen LogP contribution in [-0.4, -0.2) is 35.3 Å². The minimum atomic E-state index is -0.935. The molecule has 2 heterocycles. The molecule has 1 fully saturated rings. The normalized spacial score (nSPS) is 19.3. The molecule has 3 amide bonds. The number of halogens is 1. The molecule has 2 aliphatic heterocycles. The SMILES string of the molecule is CCCCOc1ccc([C@@H]2[C@@H](N3C(=O)c4ccccc4C3=O)C(=O)N2c2ccc(Cl)cc2)cc1. The van der Waals surface area contributed by atoms with Crippen LogP contribution in [0.25, 0.3) is 0 Å². The maximum atomic E-state index is 13.4. The third kappa shape index (κ3) is 3.64. The van der Waals surface area contributed by atoms with E-state index < -0.39 is 23.9 Å². The number of hydrogen-bond donors (Lipinski definition) is 0. The number of carbonyl (C=O) groups excluding carboxylic acids is 3. The number of nitrogens with zero attached hydrogens (tertiary/aromatic N) is 2. The first-order valence-corrected chi connectivity index (χ1v) is 11.7. The van der Waals surface area contributed by atoms with Crippen molar-refractivity contribution in [3.8, 4) is 5.75 Å². The number of β-lactam (4-membered cyclic amide) rings is 1. The molecule has 0 unspecified atom stereocenters. The van der Waals surface area contributed by atoms with Gasteiger partial charge in [-0.15, -0.1) is 0 Å². The van der Waals surface area contributed by atoms with E-state index in [4.69, 9.17) is 16.3 Å². The fourth-order valence-electron chi connectivity index (χ4n) is 4.50. The summed E-state index contributed by atoms with van der Waals surface area (Å²) in [4.78, 5) is 42.4. The number of benzene rings is 3. The van der Waals surface area contributed by atoms with E-state index in [1.54, 1.807) is 53.4 Å². The van der Waals surface area contributed by atoms with Gasteiger partial charge in [0.25, 0.3) is 17.7 Å². The van der Waals surface area contributed by atoms with Crippen LogP contribution in [-0.2, 0) is 4.79 Å². The van der Waals surface area contributed by atoms with Crippen LogP contribution in [0, 0.1) is 0 Å². The lowest BCUT2D eigenvalue weighted by molar-refractivity contribution is -0.130. The third-order valence-electron chi connectivity index (χ3n) is 6.26. The minimum Gasteiger partial charge on any atom is -0.494 e. The van der Waals surface area contributed by atoms with Crippen molar-refractivity contribution < 1.29 is 19.1 Å². The summed E-state index contributed by atoms with van der Waals surface area (Å²) in [6.45, 7) is 2.73. The van der Waals surface area contributed by atoms with Gasteiger partial charge in [0.1, 0.15) is 11.8 Å². The number of carbonyl (C=O) groups is 3. The predicted octanol–water partition coefficient (Wildman–Crippen LogP) is 5.27. The molecule has 2 aliphatic rings. The summed E-state index contributed by atoms with van der Waals surface area (Å²) in [7, 11) is 0. The van der Waals surface area contributed by atoms with Crippen LogP contribution in [0.3, 0.4) is 0 Å². The first-order valence-electron chi connectivity index (χ1n) is 11.3. The Bertz CT molecular complexity index is 1220. The van der Waals surface area contributed by atoms with Crippen molar-refractivity contribution in [3.63, 3.8) is 0 Å². The first-order chi connectivity index (χ1) is 16.5. The van der Waals surface area contributed by atoms with Crippen molar-refractivity contribution in [2.24, 2.45) is 0 Å². The highest BCUT2D eigenvalue weighted by molar-refractivity contribution is 6.30. The molecule has 7 heteroatoms. The molecule has 0 spiro atoms. The van der Waals surface area contributed by atoms with Gasteiger partial charge in [0.15, 0.2) is 0 Å². The monoisotopic (exact) mass is 474 g/mol. The van der Waals surface area contributed by atoms with Crippen molar-refractivity contribution in [1.82, 2.24) is 4.90 Å². The average molecular weight is 475 g/mol. The van der Waals surface area contributed by atoms with Gasteiger partial charge >= 0.3 is 0 Å². The summed E-state index contributed by atoms with van der Waals surface area (Å²) in [6, 6.07) is 19.6. The highest BCUT2D eigenvalue weighted by atomic mass is 35.5. The number of anilines is 1. The lowest BCUT2D eigenvalue weighted by Crippen LogP contribution is -2.67. The molecule has 172 valence electrons. The number of ether oxygens (including phenoxy) is 1. The zero-order valence-corrected chi connectivity index (χ0v) is 19.4. The van der Waals surface area contributed by atoms with Crippen LogP contribution in [0.1, 0.15) is 52.1 Å². The first kappa shape index (κ1) is 22.2. The summed E-state index contributed by atoms with van der Waals surface area (Å²) in [6.07, 6.45) is 2.01. The van der Waals surface area contributed by atoms with Crippen molar-refractivity contribution in [2.75, 3.05) is 11.5 Å². The van der Waals surface area contributed by atoms with Crippen molar-refractivity contribution in [2.45, 2.75) is 31.8 Å².